The van der Waals surface area contributed by atoms with Gasteiger partial charge in [-0.25, -0.2) is 0 Å². The fraction of sp³-hybridized carbons (Fsp3) is 0.467. The van der Waals surface area contributed by atoms with Crippen molar-refractivity contribution in [2.45, 2.75) is 30.7 Å². The zero-order chi connectivity index (χ0) is 15.4. The second-order valence-corrected chi connectivity index (χ2v) is 7.40. The molecule has 1 atom stereocenters. The average Bonchev–Trinajstić information content (AvgIpc) is 2.98. The van der Waals surface area contributed by atoms with Gasteiger partial charge in [0.25, 0.3) is 0 Å². The van der Waals surface area contributed by atoms with Gasteiger partial charge in [-0.1, -0.05) is 35.2 Å². The summed E-state index contributed by atoms with van der Waals surface area (Å²) in [7, 11) is 0. The molecule has 3 rings (SSSR count). The summed E-state index contributed by atoms with van der Waals surface area (Å²) in [5.74, 6) is 0.890. The van der Waals surface area contributed by atoms with Crippen LogP contribution in [0.2, 0.25) is 0 Å². The van der Waals surface area contributed by atoms with E-state index in [0.717, 1.165) is 33.9 Å². The summed E-state index contributed by atoms with van der Waals surface area (Å²) < 4.78 is 11.7. The number of nitrogens with one attached hydrogen (secondary N) is 1. The molecular formula is C15H19N3O2S2. The lowest BCUT2D eigenvalue weighted by atomic mass is 10.1. The van der Waals surface area contributed by atoms with Crippen LogP contribution in [0.3, 0.4) is 0 Å². The standard InChI is InChI=1S/C15H19N3O2S2/c1-10-4-3-5-13(11(10)2)16-14-17-18-15(22-14)21-8-12-6-7-19-9-20-12/h3-5,12H,6-9H2,1-2H3,(H,16,17)/t12-/m0/s1. The second-order valence-electron chi connectivity index (χ2n) is 5.16. The first-order valence-corrected chi connectivity index (χ1v) is 9.01. The number of ether oxygens (including phenoxy) is 2. The van der Waals surface area contributed by atoms with Crippen molar-refractivity contribution in [3.63, 3.8) is 0 Å². The molecule has 0 radical (unpaired) electrons. The van der Waals surface area contributed by atoms with Crippen molar-refractivity contribution in [2.24, 2.45) is 0 Å². The molecule has 1 saturated heterocycles. The van der Waals surface area contributed by atoms with E-state index in [0.29, 0.717) is 6.79 Å². The van der Waals surface area contributed by atoms with Gasteiger partial charge >= 0.3 is 0 Å². The highest BCUT2D eigenvalue weighted by Crippen LogP contribution is 2.30. The first kappa shape index (κ1) is 15.7. The fourth-order valence-electron chi connectivity index (χ4n) is 2.12. The van der Waals surface area contributed by atoms with Crippen molar-refractivity contribution in [3.8, 4) is 0 Å². The van der Waals surface area contributed by atoms with Crippen LogP contribution < -0.4 is 5.32 Å². The summed E-state index contributed by atoms with van der Waals surface area (Å²) in [5, 5.41) is 12.6. The number of hydrogen-bond acceptors (Lipinski definition) is 7. The van der Waals surface area contributed by atoms with Crippen molar-refractivity contribution in [1.82, 2.24) is 10.2 Å². The van der Waals surface area contributed by atoms with Gasteiger partial charge in [-0.3, -0.25) is 0 Å². The molecule has 1 fully saturated rings. The number of thioether (sulfide) groups is 1. The van der Waals surface area contributed by atoms with Crippen LogP contribution in [0.1, 0.15) is 17.5 Å². The van der Waals surface area contributed by atoms with Gasteiger partial charge in [-0.2, -0.15) is 0 Å². The minimum absolute atomic E-state index is 0.248. The van der Waals surface area contributed by atoms with E-state index in [9.17, 15) is 0 Å². The molecule has 2 aromatic rings. The van der Waals surface area contributed by atoms with Crippen LogP contribution in [0.25, 0.3) is 0 Å². The number of benzene rings is 1. The maximum Gasteiger partial charge on any atom is 0.210 e. The van der Waals surface area contributed by atoms with E-state index in [1.165, 1.54) is 11.1 Å². The van der Waals surface area contributed by atoms with Gasteiger partial charge in [0.15, 0.2) is 4.34 Å². The van der Waals surface area contributed by atoms with Crippen molar-refractivity contribution >= 4 is 33.9 Å². The normalized spacial score (nSPS) is 18.4. The van der Waals surface area contributed by atoms with Crippen molar-refractivity contribution in [2.75, 3.05) is 24.5 Å². The molecule has 0 saturated carbocycles. The molecular weight excluding hydrogens is 318 g/mol. The van der Waals surface area contributed by atoms with Crippen LogP contribution in [0, 0.1) is 13.8 Å². The van der Waals surface area contributed by atoms with E-state index in [1.54, 1.807) is 23.1 Å². The molecule has 1 aliphatic rings. The first-order chi connectivity index (χ1) is 10.7. The predicted molar refractivity (Wildman–Crippen MR) is 90.1 cm³/mol. The summed E-state index contributed by atoms with van der Waals surface area (Å²) in [6, 6.07) is 6.21. The molecule has 1 aromatic heterocycles. The van der Waals surface area contributed by atoms with Crippen molar-refractivity contribution in [3.05, 3.63) is 29.3 Å². The molecule has 2 heterocycles. The zero-order valence-electron chi connectivity index (χ0n) is 12.7. The molecule has 1 aliphatic heterocycles. The van der Waals surface area contributed by atoms with Crippen LogP contribution in [-0.2, 0) is 9.47 Å². The third kappa shape index (κ3) is 3.98. The van der Waals surface area contributed by atoms with Crippen LogP contribution in [0.4, 0.5) is 10.8 Å². The van der Waals surface area contributed by atoms with E-state index >= 15 is 0 Å². The molecule has 1 N–H and O–H groups in total. The van der Waals surface area contributed by atoms with Crippen molar-refractivity contribution < 1.29 is 9.47 Å². The Morgan fingerprint density at radius 1 is 1.36 bits per heavy atom. The summed E-state index contributed by atoms with van der Waals surface area (Å²) in [6.07, 6.45) is 1.19. The molecule has 0 amide bonds. The Balaban J connectivity index is 1.57. The van der Waals surface area contributed by atoms with Gasteiger partial charge in [0, 0.05) is 11.4 Å². The summed E-state index contributed by atoms with van der Waals surface area (Å²) in [6.45, 7) is 5.40. The lowest BCUT2D eigenvalue weighted by Crippen LogP contribution is -2.25. The van der Waals surface area contributed by atoms with Crippen LogP contribution in [-0.4, -0.2) is 35.5 Å². The Kier molecular flexibility index (Phi) is 5.30. The minimum atomic E-state index is 0.248. The highest BCUT2D eigenvalue weighted by molar-refractivity contribution is 8.01. The highest BCUT2D eigenvalue weighted by Gasteiger charge is 2.16. The molecule has 0 spiro atoms. The molecule has 22 heavy (non-hydrogen) atoms. The number of aryl methyl sites for hydroxylation is 1. The summed E-state index contributed by atoms with van der Waals surface area (Å²) in [4.78, 5) is 0. The van der Waals surface area contributed by atoms with Gasteiger partial charge in [0.2, 0.25) is 5.13 Å². The van der Waals surface area contributed by atoms with Crippen LogP contribution >= 0.6 is 23.1 Å². The SMILES string of the molecule is Cc1cccc(Nc2nnc(SC[C@@H]3CCOCO3)s2)c1C. The van der Waals surface area contributed by atoms with Gasteiger partial charge in [0.1, 0.15) is 6.79 Å². The predicted octanol–water partition coefficient (Wildman–Crippen LogP) is 3.75. The van der Waals surface area contributed by atoms with Gasteiger partial charge < -0.3 is 14.8 Å². The lowest BCUT2D eigenvalue weighted by Gasteiger charge is -2.21. The maximum absolute atomic E-state index is 5.53. The second kappa shape index (κ2) is 7.41. The molecule has 0 unspecified atom stereocenters. The lowest BCUT2D eigenvalue weighted by molar-refractivity contribution is -0.130. The number of nitrogens with zero attached hydrogens (tertiary/aromatic N) is 2. The largest absolute Gasteiger partial charge is 0.355 e. The van der Waals surface area contributed by atoms with E-state index < -0.39 is 0 Å². The Hall–Kier alpha value is -1.15. The molecule has 118 valence electrons. The third-order valence-corrected chi connectivity index (χ3v) is 5.72. The number of anilines is 2. The van der Waals surface area contributed by atoms with E-state index in [1.807, 2.05) is 6.07 Å². The Morgan fingerprint density at radius 2 is 2.27 bits per heavy atom. The number of rotatable bonds is 5. The molecule has 1 aromatic carbocycles. The van der Waals surface area contributed by atoms with Gasteiger partial charge in [-0.05, 0) is 37.5 Å². The molecule has 7 heteroatoms. The molecule has 0 bridgehead atoms. The summed E-state index contributed by atoms with van der Waals surface area (Å²) >= 11 is 3.26. The topological polar surface area (TPSA) is 56.3 Å². The quantitative estimate of drug-likeness (QED) is 0.839. The van der Waals surface area contributed by atoms with Crippen LogP contribution in [0.5, 0.6) is 0 Å². The Labute approximate surface area is 138 Å². The Bertz CT molecular complexity index is 627. The van der Waals surface area contributed by atoms with Crippen molar-refractivity contribution in [1.29, 1.82) is 0 Å². The fourth-order valence-corrected chi connectivity index (χ4v) is 3.97. The van der Waals surface area contributed by atoms with E-state index in [4.69, 9.17) is 9.47 Å². The van der Waals surface area contributed by atoms with Gasteiger partial charge in [0.05, 0.1) is 12.7 Å². The molecule has 0 aliphatic carbocycles. The van der Waals surface area contributed by atoms with E-state index in [-0.39, 0.29) is 6.10 Å². The minimum Gasteiger partial charge on any atom is -0.355 e. The summed E-state index contributed by atoms with van der Waals surface area (Å²) in [5.41, 5.74) is 3.59. The van der Waals surface area contributed by atoms with E-state index in [2.05, 4.69) is 41.5 Å². The first-order valence-electron chi connectivity index (χ1n) is 7.21. The maximum atomic E-state index is 5.53. The number of hydrogen-bond donors (Lipinski definition) is 1. The van der Waals surface area contributed by atoms with Gasteiger partial charge in [-0.15, -0.1) is 10.2 Å². The van der Waals surface area contributed by atoms with Crippen LogP contribution in [0.15, 0.2) is 22.5 Å². The number of aromatic nitrogens is 2. The average molecular weight is 337 g/mol. The zero-order valence-corrected chi connectivity index (χ0v) is 14.3. The monoisotopic (exact) mass is 337 g/mol. The highest BCUT2D eigenvalue weighted by atomic mass is 32.2. The molecule has 5 nitrogen and oxygen atoms in total. The third-order valence-electron chi connectivity index (χ3n) is 3.62. The smallest absolute Gasteiger partial charge is 0.210 e. The Morgan fingerprint density at radius 3 is 3.09 bits per heavy atom.